The van der Waals surface area contributed by atoms with Gasteiger partial charge < -0.3 is 10.2 Å². The van der Waals surface area contributed by atoms with Crippen LogP contribution < -0.4 is 10.2 Å². The van der Waals surface area contributed by atoms with Crippen LogP contribution in [0.15, 0.2) is 18.2 Å². The first kappa shape index (κ1) is 9.31. The molecule has 2 nitrogen and oxygen atoms in total. The second kappa shape index (κ2) is 2.87. The minimum absolute atomic E-state index is 0.0412. The van der Waals surface area contributed by atoms with Crippen molar-refractivity contribution in [2.45, 2.75) is 19.4 Å². The van der Waals surface area contributed by atoms with Gasteiger partial charge in [-0.15, -0.1) is 0 Å². The van der Waals surface area contributed by atoms with Crippen LogP contribution in [-0.4, -0.2) is 19.1 Å². The van der Waals surface area contributed by atoms with Crippen molar-refractivity contribution in [3.05, 3.63) is 24.0 Å². The topological polar surface area (TPSA) is 15.3 Å². The monoisotopic (exact) mass is 194 g/mol. The predicted octanol–water partition coefficient (Wildman–Crippen LogP) is 2.47. The Hall–Kier alpha value is -1.25. The molecular formula is C11H15FN2. The fourth-order valence-electron chi connectivity index (χ4n) is 2.01. The van der Waals surface area contributed by atoms with Gasteiger partial charge in [0.1, 0.15) is 5.82 Å². The van der Waals surface area contributed by atoms with Gasteiger partial charge in [0.05, 0.1) is 11.4 Å². The Kier molecular flexibility index (Phi) is 1.91. The molecule has 0 aliphatic carbocycles. The van der Waals surface area contributed by atoms with Gasteiger partial charge in [-0.25, -0.2) is 4.39 Å². The van der Waals surface area contributed by atoms with Crippen LogP contribution >= 0.6 is 0 Å². The summed E-state index contributed by atoms with van der Waals surface area (Å²) in [5, 5.41) is 3.39. The molecule has 0 radical (unpaired) electrons. The van der Waals surface area contributed by atoms with Gasteiger partial charge in [-0.05, 0) is 32.0 Å². The molecule has 0 atom stereocenters. The van der Waals surface area contributed by atoms with E-state index in [4.69, 9.17) is 0 Å². The zero-order valence-corrected chi connectivity index (χ0v) is 8.76. The van der Waals surface area contributed by atoms with Crippen molar-refractivity contribution < 1.29 is 4.39 Å². The van der Waals surface area contributed by atoms with Crippen molar-refractivity contribution in [1.29, 1.82) is 0 Å². The van der Waals surface area contributed by atoms with E-state index in [1.54, 1.807) is 12.1 Å². The number of rotatable bonds is 0. The Morgan fingerprint density at radius 3 is 2.86 bits per heavy atom. The lowest BCUT2D eigenvalue weighted by molar-refractivity contribution is 0.547. The first-order chi connectivity index (χ1) is 6.48. The molecule has 1 aromatic rings. The van der Waals surface area contributed by atoms with E-state index in [1.807, 2.05) is 7.05 Å². The predicted molar refractivity (Wildman–Crippen MR) is 57.4 cm³/mol. The van der Waals surface area contributed by atoms with Gasteiger partial charge >= 0.3 is 0 Å². The van der Waals surface area contributed by atoms with Crippen molar-refractivity contribution in [2.75, 3.05) is 23.8 Å². The van der Waals surface area contributed by atoms with Crippen molar-refractivity contribution in [3.63, 3.8) is 0 Å². The highest BCUT2D eigenvalue weighted by atomic mass is 19.1. The van der Waals surface area contributed by atoms with Gasteiger partial charge in [0.15, 0.2) is 0 Å². The van der Waals surface area contributed by atoms with E-state index in [-0.39, 0.29) is 11.4 Å². The summed E-state index contributed by atoms with van der Waals surface area (Å²) >= 11 is 0. The maximum atomic E-state index is 13.0. The average molecular weight is 194 g/mol. The number of fused-ring (bicyclic) bond motifs is 1. The third-order valence-corrected chi connectivity index (χ3v) is 2.48. The summed E-state index contributed by atoms with van der Waals surface area (Å²) in [6.45, 7) is 5.15. The molecular weight excluding hydrogens is 179 g/mol. The normalized spacial score (nSPS) is 18.7. The van der Waals surface area contributed by atoms with Crippen LogP contribution in [0.25, 0.3) is 0 Å². The van der Waals surface area contributed by atoms with E-state index < -0.39 is 0 Å². The lowest BCUT2D eigenvalue weighted by Crippen LogP contribution is -2.46. The third kappa shape index (κ3) is 1.54. The maximum absolute atomic E-state index is 13.0. The number of anilines is 2. The zero-order valence-electron chi connectivity index (χ0n) is 8.76. The van der Waals surface area contributed by atoms with E-state index in [2.05, 4.69) is 24.1 Å². The highest BCUT2D eigenvalue weighted by molar-refractivity contribution is 5.73. The minimum Gasteiger partial charge on any atom is -0.377 e. The van der Waals surface area contributed by atoms with Crippen molar-refractivity contribution in [2.24, 2.45) is 0 Å². The van der Waals surface area contributed by atoms with E-state index >= 15 is 0 Å². The number of nitrogens with zero attached hydrogens (tertiary/aromatic N) is 1. The van der Waals surface area contributed by atoms with Crippen LogP contribution in [0.1, 0.15) is 13.8 Å². The summed E-state index contributed by atoms with van der Waals surface area (Å²) in [5.41, 5.74) is 1.98. The Morgan fingerprint density at radius 2 is 2.14 bits per heavy atom. The number of benzene rings is 1. The zero-order chi connectivity index (χ0) is 10.3. The molecule has 0 fully saturated rings. The summed E-state index contributed by atoms with van der Waals surface area (Å²) in [6.07, 6.45) is 0. The number of halogens is 1. The Bertz CT molecular complexity index is 360. The largest absolute Gasteiger partial charge is 0.377 e. The first-order valence-electron chi connectivity index (χ1n) is 4.77. The maximum Gasteiger partial charge on any atom is 0.125 e. The number of hydrogen-bond acceptors (Lipinski definition) is 2. The van der Waals surface area contributed by atoms with Gasteiger partial charge in [-0.3, -0.25) is 0 Å². The SMILES string of the molecule is CN1CC(C)(C)Nc2ccc(F)cc21. The van der Waals surface area contributed by atoms with Crippen molar-refractivity contribution in [1.82, 2.24) is 0 Å². The highest BCUT2D eigenvalue weighted by Crippen LogP contribution is 2.33. The number of hydrogen-bond donors (Lipinski definition) is 1. The fraction of sp³-hybridized carbons (Fsp3) is 0.455. The molecule has 0 unspecified atom stereocenters. The van der Waals surface area contributed by atoms with Crippen molar-refractivity contribution in [3.8, 4) is 0 Å². The third-order valence-electron chi connectivity index (χ3n) is 2.48. The van der Waals surface area contributed by atoms with Gasteiger partial charge in [0.25, 0.3) is 0 Å². The quantitative estimate of drug-likeness (QED) is 0.682. The van der Waals surface area contributed by atoms with Gasteiger partial charge in [-0.1, -0.05) is 0 Å². The standard InChI is InChI=1S/C11H15FN2/c1-11(2)7-14(3)10-6-8(12)4-5-9(10)13-11/h4-6,13H,7H2,1-3H3. The second-order valence-corrected chi connectivity index (χ2v) is 4.53. The molecule has 76 valence electrons. The lowest BCUT2D eigenvalue weighted by Gasteiger charge is -2.40. The Morgan fingerprint density at radius 1 is 1.43 bits per heavy atom. The van der Waals surface area contributed by atoms with E-state index in [1.165, 1.54) is 6.07 Å². The molecule has 1 aromatic carbocycles. The summed E-state index contributed by atoms with van der Waals surface area (Å²) < 4.78 is 13.0. The molecule has 0 saturated heterocycles. The van der Waals surface area contributed by atoms with E-state index in [9.17, 15) is 4.39 Å². The van der Waals surface area contributed by atoms with Gasteiger partial charge in [-0.2, -0.15) is 0 Å². The van der Waals surface area contributed by atoms with Crippen LogP contribution in [0.3, 0.4) is 0 Å². The Labute approximate surface area is 83.7 Å². The second-order valence-electron chi connectivity index (χ2n) is 4.53. The summed E-state index contributed by atoms with van der Waals surface area (Å²) in [7, 11) is 1.99. The van der Waals surface area contributed by atoms with Crippen LogP contribution in [0.2, 0.25) is 0 Å². The first-order valence-corrected chi connectivity index (χ1v) is 4.77. The van der Waals surface area contributed by atoms with Crippen LogP contribution in [0, 0.1) is 5.82 Å². The molecule has 1 aliphatic heterocycles. The molecule has 1 aliphatic rings. The molecule has 2 rings (SSSR count). The van der Waals surface area contributed by atoms with Crippen LogP contribution in [-0.2, 0) is 0 Å². The van der Waals surface area contributed by atoms with Crippen molar-refractivity contribution >= 4 is 11.4 Å². The molecule has 0 amide bonds. The molecule has 0 saturated carbocycles. The summed E-state index contributed by atoms with van der Waals surface area (Å²) in [6, 6.07) is 4.85. The minimum atomic E-state index is -0.183. The molecule has 14 heavy (non-hydrogen) atoms. The van der Waals surface area contributed by atoms with E-state index in [0.29, 0.717) is 0 Å². The molecule has 1 heterocycles. The Balaban J connectivity index is 2.45. The molecule has 0 bridgehead atoms. The molecule has 0 aromatic heterocycles. The molecule has 0 spiro atoms. The number of nitrogens with one attached hydrogen (secondary N) is 1. The molecule has 3 heteroatoms. The van der Waals surface area contributed by atoms with Gasteiger partial charge in [0.2, 0.25) is 0 Å². The summed E-state index contributed by atoms with van der Waals surface area (Å²) in [4.78, 5) is 2.08. The number of likely N-dealkylation sites (N-methyl/N-ethyl adjacent to an activating group) is 1. The highest BCUT2D eigenvalue weighted by Gasteiger charge is 2.27. The molecule has 1 N–H and O–H groups in total. The van der Waals surface area contributed by atoms with Gasteiger partial charge in [0, 0.05) is 19.1 Å². The van der Waals surface area contributed by atoms with Crippen LogP contribution in [0.5, 0.6) is 0 Å². The smallest absolute Gasteiger partial charge is 0.125 e. The lowest BCUT2D eigenvalue weighted by atomic mass is 10.00. The van der Waals surface area contributed by atoms with E-state index in [0.717, 1.165) is 17.9 Å². The summed E-state index contributed by atoms with van der Waals surface area (Å²) in [5.74, 6) is -0.183. The van der Waals surface area contributed by atoms with Crippen LogP contribution in [0.4, 0.5) is 15.8 Å². The average Bonchev–Trinajstić information content (AvgIpc) is 2.05. The fourth-order valence-corrected chi connectivity index (χ4v) is 2.01.